The first-order valence-corrected chi connectivity index (χ1v) is 5.69. The van der Waals surface area contributed by atoms with Crippen molar-refractivity contribution in [2.24, 2.45) is 11.7 Å². The fourth-order valence-corrected chi connectivity index (χ4v) is 1.77. The summed E-state index contributed by atoms with van der Waals surface area (Å²) in [4.78, 5) is 13.7. The Morgan fingerprint density at radius 3 is 2.25 bits per heavy atom. The first kappa shape index (κ1) is 15.5. The lowest BCUT2D eigenvalue weighted by atomic mass is 9.97. The molecule has 0 saturated carbocycles. The molecule has 1 rings (SSSR count). The minimum Gasteiger partial charge on any atom is -0.333 e. The van der Waals surface area contributed by atoms with Crippen molar-refractivity contribution >= 4 is 18.4 Å². The smallest absolute Gasteiger partial charge is 0.317 e. The molecular formula is C11H24ClN3O. The van der Waals surface area contributed by atoms with E-state index in [1.54, 1.807) is 0 Å². The van der Waals surface area contributed by atoms with Crippen LogP contribution in [0.5, 0.6) is 0 Å². The van der Waals surface area contributed by atoms with Gasteiger partial charge in [-0.15, -0.1) is 12.4 Å². The topological polar surface area (TPSA) is 58.4 Å². The third-order valence-electron chi connectivity index (χ3n) is 2.72. The van der Waals surface area contributed by atoms with Gasteiger partial charge in [-0.25, -0.2) is 4.79 Å². The third kappa shape index (κ3) is 5.03. The number of carbonyl (C=O) groups excluding carboxylic acids is 1. The maximum atomic E-state index is 11.8. The molecular weight excluding hydrogens is 226 g/mol. The summed E-state index contributed by atoms with van der Waals surface area (Å²) in [6, 6.07) is 0.0537. The summed E-state index contributed by atoms with van der Waals surface area (Å²) in [6.45, 7) is 8.41. The van der Waals surface area contributed by atoms with Gasteiger partial charge >= 0.3 is 6.03 Å². The number of hydrogen-bond acceptors (Lipinski definition) is 2. The second-order valence-corrected chi connectivity index (χ2v) is 5.35. The number of halogens is 1. The third-order valence-corrected chi connectivity index (χ3v) is 2.72. The minimum absolute atomic E-state index is 0. The molecule has 0 aromatic rings. The van der Waals surface area contributed by atoms with Crippen LogP contribution < -0.4 is 11.1 Å². The first-order valence-electron chi connectivity index (χ1n) is 5.69. The van der Waals surface area contributed by atoms with E-state index in [1.165, 1.54) is 0 Å². The molecule has 0 aliphatic carbocycles. The van der Waals surface area contributed by atoms with Gasteiger partial charge < -0.3 is 16.0 Å². The van der Waals surface area contributed by atoms with Gasteiger partial charge in [-0.3, -0.25) is 0 Å². The number of amides is 2. The lowest BCUT2D eigenvalue weighted by Gasteiger charge is -2.33. The largest absolute Gasteiger partial charge is 0.333 e. The van der Waals surface area contributed by atoms with E-state index in [1.807, 2.05) is 25.7 Å². The van der Waals surface area contributed by atoms with Gasteiger partial charge in [-0.1, -0.05) is 0 Å². The van der Waals surface area contributed by atoms with Gasteiger partial charge in [-0.05, 0) is 46.1 Å². The monoisotopic (exact) mass is 249 g/mol. The van der Waals surface area contributed by atoms with E-state index < -0.39 is 0 Å². The maximum absolute atomic E-state index is 11.8. The Morgan fingerprint density at radius 2 is 1.88 bits per heavy atom. The highest BCUT2D eigenvalue weighted by molar-refractivity contribution is 5.85. The summed E-state index contributed by atoms with van der Waals surface area (Å²) in [5, 5.41) is 2.98. The molecule has 0 aromatic carbocycles. The lowest BCUT2D eigenvalue weighted by Crippen LogP contribution is -2.51. The van der Waals surface area contributed by atoms with E-state index in [-0.39, 0.29) is 24.0 Å². The zero-order valence-electron chi connectivity index (χ0n) is 10.5. The Hall–Kier alpha value is -0.480. The van der Waals surface area contributed by atoms with Gasteiger partial charge in [0.2, 0.25) is 0 Å². The van der Waals surface area contributed by atoms with Crippen molar-refractivity contribution in [1.29, 1.82) is 0 Å². The Morgan fingerprint density at radius 1 is 1.38 bits per heavy atom. The summed E-state index contributed by atoms with van der Waals surface area (Å²) in [6.07, 6.45) is 2.07. The summed E-state index contributed by atoms with van der Waals surface area (Å²) in [5.41, 5.74) is 5.46. The van der Waals surface area contributed by atoms with E-state index in [0.29, 0.717) is 5.92 Å². The molecule has 1 aliphatic heterocycles. The van der Waals surface area contributed by atoms with Gasteiger partial charge in [-0.2, -0.15) is 0 Å². The number of nitrogens with two attached hydrogens (primary N) is 1. The lowest BCUT2D eigenvalue weighted by molar-refractivity contribution is 0.164. The highest BCUT2D eigenvalue weighted by Crippen LogP contribution is 2.16. The van der Waals surface area contributed by atoms with Crippen LogP contribution in [0, 0.1) is 5.92 Å². The molecule has 3 N–H and O–H groups in total. The summed E-state index contributed by atoms with van der Waals surface area (Å²) >= 11 is 0. The quantitative estimate of drug-likeness (QED) is 0.742. The van der Waals surface area contributed by atoms with E-state index >= 15 is 0 Å². The van der Waals surface area contributed by atoms with E-state index in [2.05, 4.69) is 5.32 Å². The van der Waals surface area contributed by atoms with Crippen LogP contribution >= 0.6 is 12.4 Å². The van der Waals surface area contributed by atoms with Crippen LogP contribution in [0.4, 0.5) is 4.79 Å². The van der Waals surface area contributed by atoms with Crippen LogP contribution in [-0.2, 0) is 0 Å². The minimum atomic E-state index is -0.151. The Balaban J connectivity index is 0.00000225. The molecule has 0 bridgehead atoms. The van der Waals surface area contributed by atoms with Gasteiger partial charge in [0.15, 0.2) is 0 Å². The molecule has 2 amide bonds. The van der Waals surface area contributed by atoms with E-state index in [0.717, 1.165) is 32.5 Å². The standard InChI is InChI=1S/C11H23N3O.ClH/c1-11(2,3)13-10(15)14-6-4-9(8-12)5-7-14;/h9H,4-8,12H2,1-3H3,(H,13,15);1H. The zero-order valence-corrected chi connectivity index (χ0v) is 11.3. The number of hydrogen-bond donors (Lipinski definition) is 2. The predicted octanol–water partition coefficient (Wildman–Crippen LogP) is 1.59. The molecule has 5 heteroatoms. The molecule has 1 heterocycles. The number of carbonyl (C=O) groups is 1. The normalized spacial score (nSPS) is 17.9. The van der Waals surface area contributed by atoms with Crippen LogP contribution in [0.3, 0.4) is 0 Å². The molecule has 96 valence electrons. The van der Waals surface area contributed by atoms with Crippen molar-refractivity contribution in [3.05, 3.63) is 0 Å². The molecule has 1 aliphatic rings. The average Bonchev–Trinajstić information content (AvgIpc) is 2.15. The Kier molecular flexibility index (Phi) is 6.11. The van der Waals surface area contributed by atoms with Crippen molar-refractivity contribution < 1.29 is 4.79 Å². The first-order chi connectivity index (χ1) is 6.92. The molecule has 0 aromatic heterocycles. The second kappa shape index (κ2) is 6.30. The molecule has 0 radical (unpaired) electrons. The van der Waals surface area contributed by atoms with Crippen molar-refractivity contribution in [3.63, 3.8) is 0 Å². The second-order valence-electron chi connectivity index (χ2n) is 5.35. The van der Waals surface area contributed by atoms with Crippen LogP contribution in [-0.4, -0.2) is 36.1 Å². The van der Waals surface area contributed by atoms with Gasteiger partial charge in [0.1, 0.15) is 0 Å². The molecule has 0 unspecified atom stereocenters. The van der Waals surface area contributed by atoms with Crippen molar-refractivity contribution in [2.45, 2.75) is 39.2 Å². The van der Waals surface area contributed by atoms with Crippen molar-refractivity contribution in [3.8, 4) is 0 Å². The SMILES string of the molecule is CC(C)(C)NC(=O)N1CCC(CN)CC1.Cl. The van der Waals surface area contributed by atoms with Crippen LogP contribution in [0.2, 0.25) is 0 Å². The van der Waals surface area contributed by atoms with Crippen molar-refractivity contribution in [2.75, 3.05) is 19.6 Å². The molecule has 0 spiro atoms. The summed E-state index contributed by atoms with van der Waals surface area (Å²) in [5.74, 6) is 0.601. The van der Waals surface area contributed by atoms with Gasteiger partial charge in [0, 0.05) is 18.6 Å². The fraction of sp³-hybridized carbons (Fsp3) is 0.909. The van der Waals surface area contributed by atoms with E-state index in [4.69, 9.17) is 5.73 Å². The number of nitrogens with zero attached hydrogens (tertiary/aromatic N) is 1. The highest BCUT2D eigenvalue weighted by atomic mass is 35.5. The number of likely N-dealkylation sites (tertiary alicyclic amines) is 1. The molecule has 1 saturated heterocycles. The fourth-order valence-electron chi connectivity index (χ4n) is 1.77. The maximum Gasteiger partial charge on any atom is 0.317 e. The summed E-state index contributed by atoms with van der Waals surface area (Å²) in [7, 11) is 0. The number of urea groups is 1. The number of piperidine rings is 1. The highest BCUT2D eigenvalue weighted by Gasteiger charge is 2.24. The summed E-state index contributed by atoms with van der Waals surface area (Å²) < 4.78 is 0. The van der Waals surface area contributed by atoms with Gasteiger partial charge in [0.25, 0.3) is 0 Å². The van der Waals surface area contributed by atoms with Crippen molar-refractivity contribution in [1.82, 2.24) is 10.2 Å². The molecule has 0 atom stereocenters. The molecule has 4 nitrogen and oxygen atoms in total. The molecule has 1 fully saturated rings. The number of rotatable bonds is 1. The number of nitrogens with one attached hydrogen (secondary N) is 1. The zero-order chi connectivity index (χ0) is 11.5. The van der Waals surface area contributed by atoms with Crippen LogP contribution in [0.1, 0.15) is 33.6 Å². The average molecular weight is 250 g/mol. The Labute approximate surface area is 104 Å². The van der Waals surface area contributed by atoms with E-state index in [9.17, 15) is 4.79 Å². The van der Waals surface area contributed by atoms with Crippen LogP contribution in [0.25, 0.3) is 0 Å². The van der Waals surface area contributed by atoms with Gasteiger partial charge in [0.05, 0.1) is 0 Å². The predicted molar refractivity (Wildman–Crippen MR) is 68.9 cm³/mol. The molecule has 16 heavy (non-hydrogen) atoms. The Bertz CT molecular complexity index is 220. The van der Waals surface area contributed by atoms with Crippen LogP contribution in [0.15, 0.2) is 0 Å².